The van der Waals surface area contributed by atoms with Crippen molar-refractivity contribution in [3.8, 4) is 10.4 Å². The fraction of sp³-hybridized carbons (Fsp3) is 0.458. The highest BCUT2D eigenvalue weighted by atomic mass is 32.1. The lowest BCUT2D eigenvalue weighted by molar-refractivity contribution is -0.0771. The number of H-pyrrole nitrogens is 1. The van der Waals surface area contributed by atoms with E-state index in [0.717, 1.165) is 26.5 Å². The van der Waals surface area contributed by atoms with E-state index in [1.807, 2.05) is 6.33 Å². The van der Waals surface area contributed by atoms with Gasteiger partial charge in [-0.3, -0.25) is 4.79 Å². The zero-order chi connectivity index (χ0) is 22.5. The summed E-state index contributed by atoms with van der Waals surface area (Å²) in [7, 11) is 0. The molecule has 1 aromatic carbocycles. The van der Waals surface area contributed by atoms with Crippen LogP contribution in [0.4, 0.5) is 5.00 Å². The maximum Gasteiger partial charge on any atom is 0.261 e. The molecule has 1 saturated carbocycles. The van der Waals surface area contributed by atoms with Gasteiger partial charge in [0.2, 0.25) is 0 Å². The molecule has 1 atom stereocenters. The predicted octanol–water partition coefficient (Wildman–Crippen LogP) is 3.64. The molecule has 1 aliphatic heterocycles. The average molecular weight is 466 g/mol. The van der Waals surface area contributed by atoms with Gasteiger partial charge in [-0.05, 0) is 37.0 Å². The standard InChI is InChI=1S/C24H27N5O3S/c30-22-19-20(25-12-26-22)21(33-23(19)28-9-8-15(11-28)24(31)32)14-6-7-18-17(10-14)27-13-29(18)16-4-2-1-3-5-16/h6-7,10,12-13,15-16,24,31-32H,1-5,8-9,11H2,(H,25,26,30). The summed E-state index contributed by atoms with van der Waals surface area (Å²) in [5.41, 5.74) is 3.60. The highest BCUT2D eigenvalue weighted by Gasteiger charge is 2.31. The monoisotopic (exact) mass is 465 g/mol. The highest BCUT2D eigenvalue weighted by Crippen LogP contribution is 2.44. The summed E-state index contributed by atoms with van der Waals surface area (Å²) in [6.07, 6.45) is 9.03. The molecule has 4 aromatic rings. The fourth-order valence-corrected chi connectivity index (χ4v) is 6.70. The summed E-state index contributed by atoms with van der Waals surface area (Å²) in [5.74, 6) is -0.221. The SMILES string of the molecule is O=c1[nH]cnc2c(-c3ccc4c(c3)ncn4C3CCCCC3)sc(N3CCC(C(O)O)C3)c12. The Balaban J connectivity index is 1.43. The third-order valence-corrected chi connectivity index (χ3v) is 8.51. The van der Waals surface area contributed by atoms with E-state index in [4.69, 9.17) is 4.98 Å². The molecule has 33 heavy (non-hydrogen) atoms. The van der Waals surface area contributed by atoms with Crippen LogP contribution in [0.25, 0.3) is 32.4 Å². The zero-order valence-electron chi connectivity index (χ0n) is 18.3. The molecule has 3 aromatic heterocycles. The highest BCUT2D eigenvalue weighted by molar-refractivity contribution is 7.21. The molecule has 1 aliphatic carbocycles. The van der Waals surface area contributed by atoms with E-state index in [1.54, 1.807) is 11.3 Å². The van der Waals surface area contributed by atoms with E-state index < -0.39 is 6.29 Å². The lowest BCUT2D eigenvalue weighted by Gasteiger charge is -2.23. The number of nitrogens with one attached hydrogen (secondary N) is 1. The Morgan fingerprint density at radius 1 is 1.12 bits per heavy atom. The van der Waals surface area contributed by atoms with E-state index in [1.165, 1.54) is 38.4 Å². The maximum absolute atomic E-state index is 12.8. The van der Waals surface area contributed by atoms with Crippen molar-refractivity contribution in [2.75, 3.05) is 18.0 Å². The minimum absolute atomic E-state index is 0.173. The Labute approximate surface area is 194 Å². The van der Waals surface area contributed by atoms with Gasteiger partial charge < -0.3 is 24.7 Å². The maximum atomic E-state index is 12.8. The molecule has 1 saturated heterocycles. The van der Waals surface area contributed by atoms with Gasteiger partial charge in [-0.25, -0.2) is 9.97 Å². The molecule has 0 bridgehead atoms. The van der Waals surface area contributed by atoms with Gasteiger partial charge in [0.25, 0.3) is 5.56 Å². The number of thiophene rings is 1. The Morgan fingerprint density at radius 2 is 1.97 bits per heavy atom. The van der Waals surface area contributed by atoms with E-state index in [-0.39, 0.29) is 11.5 Å². The number of aromatic nitrogens is 4. The second kappa shape index (κ2) is 8.23. The van der Waals surface area contributed by atoms with Crippen molar-refractivity contribution in [3.63, 3.8) is 0 Å². The van der Waals surface area contributed by atoms with Crippen LogP contribution < -0.4 is 10.5 Å². The normalized spacial score (nSPS) is 20.0. The minimum atomic E-state index is -1.35. The van der Waals surface area contributed by atoms with Crippen LogP contribution in [0.2, 0.25) is 0 Å². The van der Waals surface area contributed by atoms with Gasteiger partial charge in [-0.2, -0.15) is 0 Å². The number of aliphatic hydroxyl groups is 2. The topological polar surface area (TPSA) is 107 Å². The number of aromatic amines is 1. The number of nitrogens with zero attached hydrogens (tertiary/aromatic N) is 4. The molecule has 0 spiro atoms. The van der Waals surface area contributed by atoms with Gasteiger partial charge in [0.1, 0.15) is 10.4 Å². The summed E-state index contributed by atoms with van der Waals surface area (Å²) < 4.78 is 2.32. The molecule has 1 unspecified atom stereocenters. The van der Waals surface area contributed by atoms with Crippen molar-refractivity contribution in [2.45, 2.75) is 50.9 Å². The average Bonchev–Trinajstić information content (AvgIpc) is 3.56. The first-order valence-electron chi connectivity index (χ1n) is 11.7. The van der Waals surface area contributed by atoms with Crippen LogP contribution in [0.15, 0.2) is 35.6 Å². The third kappa shape index (κ3) is 3.55. The second-order valence-corrected chi connectivity index (χ2v) is 10.2. The molecular weight excluding hydrogens is 438 g/mol. The molecule has 2 aliphatic rings. The lowest BCUT2D eigenvalue weighted by Crippen LogP contribution is -2.25. The van der Waals surface area contributed by atoms with Crippen LogP contribution in [0, 0.1) is 5.92 Å². The Bertz CT molecular complexity index is 1370. The molecule has 3 N–H and O–H groups in total. The van der Waals surface area contributed by atoms with Crippen LogP contribution in [0.3, 0.4) is 0 Å². The smallest absolute Gasteiger partial charge is 0.261 e. The molecule has 0 radical (unpaired) electrons. The summed E-state index contributed by atoms with van der Waals surface area (Å²) >= 11 is 1.54. The van der Waals surface area contributed by atoms with Crippen LogP contribution in [0.1, 0.15) is 44.6 Å². The molecule has 2 fully saturated rings. The molecule has 0 amide bonds. The summed E-state index contributed by atoms with van der Waals surface area (Å²) in [6.45, 7) is 1.18. The van der Waals surface area contributed by atoms with Crippen LogP contribution >= 0.6 is 11.3 Å². The van der Waals surface area contributed by atoms with E-state index in [9.17, 15) is 15.0 Å². The van der Waals surface area contributed by atoms with E-state index in [2.05, 4.69) is 37.6 Å². The van der Waals surface area contributed by atoms with Gasteiger partial charge in [0.15, 0.2) is 6.29 Å². The Hall–Kier alpha value is -2.75. The largest absolute Gasteiger partial charge is 0.368 e. The number of aliphatic hydroxyl groups excluding tert-OH is 1. The minimum Gasteiger partial charge on any atom is -0.368 e. The summed E-state index contributed by atoms with van der Waals surface area (Å²) in [6, 6.07) is 6.86. The Kier molecular flexibility index (Phi) is 5.20. The van der Waals surface area contributed by atoms with Gasteiger partial charge in [0, 0.05) is 25.0 Å². The van der Waals surface area contributed by atoms with Gasteiger partial charge in [-0.15, -0.1) is 11.3 Å². The summed E-state index contributed by atoms with van der Waals surface area (Å²) in [5, 5.41) is 20.6. The first-order chi connectivity index (χ1) is 16.1. The summed E-state index contributed by atoms with van der Waals surface area (Å²) in [4.78, 5) is 27.7. The number of benzene rings is 1. The van der Waals surface area contributed by atoms with Crippen LogP contribution in [-0.2, 0) is 0 Å². The fourth-order valence-electron chi connectivity index (χ4n) is 5.42. The molecule has 4 heterocycles. The molecule has 9 heteroatoms. The van der Waals surface area contributed by atoms with Crippen molar-refractivity contribution >= 4 is 38.3 Å². The first-order valence-corrected chi connectivity index (χ1v) is 12.5. The van der Waals surface area contributed by atoms with Crippen molar-refractivity contribution in [2.24, 2.45) is 5.92 Å². The number of anilines is 1. The molecule has 6 rings (SSSR count). The molecular formula is C24H27N5O3S. The van der Waals surface area contributed by atoms with Crippen molar-refractivity contribution in [1.29, 1.82) is 0 Å². The van der Waals surface area contributed by atoms with E-state index >= 15 is 0 Å². The van der Waals surface area contributed by atoms with Crippen LogP contribution in [0.5, 0.6) is 0 Å². The predicted molar refractivity (Wildman–Crippen MR) is 130 cm³/mol. The molecule has 172 valence electrons. The Morgan fingerprint density at radius 3 is 2.76 bits per heavy atom. The number of hydrogen-bond acceptors (Lipinski definition) is 7. The number of hydrogen-bond donors (Lipinski definition) is 3. The van der Waals surface area contributed by atoms with Crippen LogP contribution in [-0.4, -0.2) is 49.1 Å². The van der Waals surface area contributed by atoms with Crippen molar-refractivity contribution < 1.29 is 10.2 Å². The number of imidazole rings is 1. The number of fused-ring (bicyclic) bond motifs is 2. The van der Waals surface area contributed by atoms with Gasteiger partial charge in [0.05, 0.1) is 34.1 Å². The lowest BCUT2D eigenvalue weighted by atomic mass is 9.95. The van der Waals surface area contributed by atoms with Crippen molar-refractivity contribution in [1.82, 2.24) is 19.5 Å². The quantitative estimate of drug-likeness (QED) is 0.397. The van der Waals surface area contributed by atoms with Gasteiger partial charge in [-0.1, -0.05) is 25.3 Å². The zero-order valence-corrected chi connectivity index (χ0v) is 19.1. The van der Waals surface area contributed by atoms with Crippen molar-refractivity contribution in [3.05, 3.63) is 41.2 Å². The first kappa shape index (κ1) is 20.8. The van der Waals surface area contributed by atoms with Gasteiger partial charge >= 0.3 is 0 Å². The third-order valence-electron chi connectivity index (χ3n) is 7.22. The molecule has 8 nitrogen and oxygen atoms in total. The second-order valence-electron chi connectivity index (χ2n) is 9.25. The number of rotatable bonds is 4. The van der Waals surface area contributed by atoms with E-state index in [0.29, 0.717) is 36.5 Å².